The first-order valence-electron chi connectivity index (χ1n) is 10.2. The lowest BCUT2D eigenvalue weighted by molar-refractivity contribution is -0.115. The molecule has 0 saturated heterocycles. The van der Waals surface area contributed by atoms with Crippen LogP contribution < -0.4 is 5.32 Å². The van der Waals surface area contributed by atoms with Gasteiger partial charge in [0.25, 0.3) is 0 Å². The smallest absolute Gasteiger partial charge is 0.338 e. The molecule has 1 heterocycles. The third-order valence-electron chi connectivity index (χ3n) is 4.49. The van der Waals surface area contributed by atoms with Gasteiger partial charge in [-0.15, -0.1) is 11.3 Å². The number of anilines is 1. The largest absolute Gasteiger partial charge is 0.462 e. The van der Waals surface area contributed by atoms with Crippen molar-refractivity contribution in [2.75, 3.05) is 11.9 Å². The van der Waals surface area contributed by atoms with Crippen LogP contribution in [0, 0.1) is 6.92 Å². The molecule has 5 nitrogen and oxygen atoms in total. The molecule has 162 valence electrons. The molecule has 0 atom stereocenters. The maximum atomic E-state index is 12.4. The summed E-state index contributed by atoms with van der Waals surface area (Å²) in [6.07, 6.45) is 2.04. The van der Waals surface area contributed by atoms with E-state index in [0.29, 0.717) is 17.9 Å². The Hall–Kier alpha value is -2.64. The lowest BCUT2D eigenvalue weighted by atomic mass is 10.2. The van der Waals surface area contributed by atoms with Gasteiger partial charge in [0.2, 0.25) is 5.91 Å². The van der Waals surface area contributed by atoms with Crippen LogP contribution in [0.15, 0.2) is 58.3 Å². The zero-order valence-electron chi connectivity index (χ0n) is 17.7. The molecule has 0 saturated carbocycles. The Morgan fingerprint density at radius 1 is 1.10 bits per heavy atom. The van der Waals surface area contributed by atoms with E-state index in [-0.39, 0.29) is 18.3 Å². The lowest BCUT2D eigenvalue weighted by Crippen LogP contribution is -2.14. The number of amides is 1. The Kier molecular flexibility index (Phi) is 8.67. The summed E-state index contributed by atoms with van der Waals surface area (Å²) >= 11 is 3.23. The molecule has 3 rings (SSSR count). The molecular formula is C24H26N2O3S2. The van der Waals surface area contributed by atoms with E-state index in [0.717, 1.165) is 28.6 Å². The molecule has 0 fully saturated rings. The molecule has 0 aliphatic rings. The standard InChI is InChI=1S/C24H26N2O3S2/c1-3-4-13-29-23(28)19-9-11-20(12-10-19)25-22(27)14-21-16-31-24(26-21)30-15-18-7-5-17(2)6-8-18/h5-12,16H,3-4,13-15H2,1-2H3,(H,25,27). The fourth-order valence-corrected chi connectivity index (χ4v) is 4.52. The summed E-state index contributed by atoms with van der Waals surface area (Å²) in [4.78, 5) is 28.8. The van der Waals surface area contributed by atoms with Crippen molar-refractivity contribution in [3.05, 3.63) is 76.3 Å². The highest BCUT2D eigenvalue weighted by molar-refractivity contribution is 8.00. The first-order chi connectivity index (χ1) is 15.0. The van der Waals surface area contributed by atoms with Crippen molar-refractivity contribution in [3.8, 4) is 0 Å². The minimum atomic E-state index is -0.343. The monoisotopic (exact) mass is 454 g/mol. The third kappa shape index (κ3) is 7.52. The van der Waals surface area contributed by atoms with Crippen molar-refractivity contribution < 1.29 is 14.3 Å². The van der Waals surface area contributed by atoms with Crippen molar-refractivity contribution in [2.45, 2.75) is 43.2 Å². The molecule has 2 aromatic carbocycles. The number of nitrogens with one attached hydrogen (secondary N) is 1. The van der Waals surface area contributed by atoms with E-state index < -0.39 is 0 Å². The van der Waals surface area contributed by atoms with E-state index >= 15 is 0 Å². The van der Waals surface area contributed by atoms with Gasteiger partial charge in [-0.25, -0.2) is 9.78 Å². The minimum absolute atomic E-state index is 0.140. The average molecular weight is 455 g/mol. The number of benzene rings is 2. The molecule has 0 spiro atoms. The van der Waals surface area contributed by atoms with Crippen LogP contribution in [0.3, 0.4) is 0 Å². The topological polar surface area (TPSA) is 68.3 Å². The van der Waals surface area contributed by atoms with Crippen LogP contribution in [-0.2, 0) is 21.7 Å². The number of nitrogens with zero attached hydrogens (tertiary/aromatic N) is 1. The summed E-state index contributed by atoms with van der Waals surface area (Å²) in [6.45, 7) is 4.54. The number of aromatic nitrogens is 1. The Morgan fingerprint density at radius 3 is 2.55 bits per heavy atom. The molecule has 1 aromatic heterocycles. The van der Waals surface area contributed by atoms with Crippen molar-refractivity contribution in [2.24, 2.45) is 0 Å². The van der Waals surface area contributed by atoms with Gasteiger partial charge in [-0.1, -0.05) is 54.9 Å². The predicted molar refractivity (Wildman–Crippen MR) is 127 cm³/mol. The number of thiazole rings is 1. The fraction of sp³-hybridized carbons (Fsp3) is 0.292. The van der Waals surface area contributed by atoms with E-state index in [1.165, 1.54) is 11.1 Å². The van der Waals surface area contributed by atoms with Gasteiger partial charge >= 0.3 is 5.97 Å². The molecule has 0 bridgehead atoms. The molecular weight excluding hydrogens is 428 g/mol. The zero-order valence-corrected chi connectivity index (χ0v) is 19.4. The first-order valence-corrected chi connectivity index (χ1v) is 12.1. The Bertz CT molecular complexity index is 998. The molecule has 7 heteroatoms. The molecule has 3 aromatic rings. The predicted octanol–water partition coefficient (Wildman–Crippen LogP) is 5.88. The van der Waals surface area contributed by atoms with Gasteiger partial charge in [-0.3, -0.25) is 4.79 Å². The van der Waals surface area contributed by atoms with E-state index in [4.69, 9.17) is 4.74 Å². The van der Waals surface area contributed by atoms with Crippen LogP contribution >= 0.6 is 23.1 Å². The Balaban J connectivity index is 1.46. The molecule has 1 N–H and O–H groups in total. The molecule has 0 aliphatic carbocycles. The van der Waals surface area contributed by atoms with Crippen molar-refractivity contribution >= 4 is 40.7 Å². The molecule has 1 amide bonds. The summed E-state index contributed by atoms with van der Waals surface area (Å²) in [6, 6.07) is 15.2. The van der Waals surface area contributed by atoms with Gasteiger partial charge in [0.15, 0.2) is 0 Å². The van der Waals surface area contributed by atoms with E-state index in [2.05, 4.69) is 41.5 Å². The molecule has 0 unspecified atom stereocenters. The van der Waals surface area contributed by atoms with Gasteiger partial charge in [0, 0.05) is 16.8 Å². The van der Waals surface area contributed by atoms with Crippen LogP contribution in [0.4, 0.5) is 5.69 Å². The number of hydrogen-bond donors (Lipinski definition) is 1. The van der Waals surface area contributed by atoms with Crippen molar-refractivity contribution in [1.82, 2.24) is 4.98 Å². The number of unbranched alkanes of at least 4 members (excludes halogenated alkanes) is 1. The van der Waals surface area contributed by atoms with Crippen molar-refractivity contribution in [3.63, 3.8) is 0 Å². The van der Waals surface area contributed by atoms with E-state index in [1.807, 2.05) is 12.3 Å². The highest BCUT2D eigenvalue weighted by Crippen LogP contribution is 2.26. The number of esters is 1. The van der Waals surface area contributed by atoms with Gasteiger partial charge < -0.3 is 10.1 Å². The molecule has 31 heavy (non-hydrogen) atoms. The third-order valence-corrected chi connectivity index (χ3v) is 6.63. The second-order valence-corrected chi connectivity index (χ2v) is 9.25. The Morgan fingerprint density at radius 2 is 1.84 bits per heavy atom. The highest BCUT2D eigenvalue weighted by Gasteiger charge is 2.11. The number of thioether (sulfide) groups is 1. The van der Waals surface area contributed by atoms with Crippen LogP contribution in [-0.4, -0.2) is 23.5 Å². The van der Waals surface area contributed by atoms with Crippen LogP contribution in [0.2, 0.25) is 0 Å². The minimum Gasteiger partial charge on any atom is -0.462 e. The maximum Gasteiger partial charge on any atom is 0.338 e. The lowest BCUT2D eigenvalue weighted by Gasteiger charge is -2.06. The number of ether oxygens (including phenoxy) is 1. The average Bonchev–Trinajstić information content (AvgIpc) is 3.21. The molecule has 0 aliphatic heterocycles. The van der Waals surface area contributed by atoms with Gasteiger partial charge in [0.1, 0.15) is 4.34 Å². The maximum absolute atomic E-state index is 12.4. The summed E-state index contributed by atoms with van der Waals surface area (Å²) in [5.41, 5.74) is 4.37. The number of carbonyl (C=O) groups excluding carboxylic acids is 2. The summed E-state index contributed by atoms with van der Waals surface area (Å²) < 4.78 is 6.14. The zero-order chi connectivity index (χ0) is 22.1. The fourth-order valence-electron chi connectivity index (χ4n) is 2.72. The number of carbonyl (C=O) groups is 2. The summed E-state index contributed by atoms with van der Waals surface area (Å²) in [7, 11) is 0. The van der Waals surface area contributed by atoms with E-state index in [1.54, 1.807) is 47.4 Å². The quantitative estimate of drug-likeness (QED) is 0.235. The van der Waals surface area contributed by atoms with Crippen LogP contribution in [0.25, 0.3) is 0 Å². The first kappa shape index (κ1) is 23.0. The van der Waals surface area contributed by atoms with Crippen LogP contribution in [0.5, 0.6) is 0 Å². The molecule has 0 radical (unpaired) electrons. The van der Waals surface area contributed by atoms with Crippen LogP contribution in [0.1, 0.15) is 46.9 Å². The van der Waals surface area contributed by atoms with Crippen molar-refractivity contribution in [1.29, 1.82) is 0 Å². The van der Waals surface area contributed by atoms with Gasteiger partial charge in [-0.05, 0) is 43.2 Å². The SMILES string of the molecule is CCCCOC(=O)c1ccc(NC(=O)Cc2csc(SCc3ccc(C)cc3)n2)cc1. The second-order valence-electron chi connectivity index (χ2n) is 7.17. The Labute approximate surface area is 191 Å². The highest BCUT2D eigenvalue weighted by atomic mass is 32.2. The van der Waals surface area contributed by atoms with Gasteiger partial charge in [-0.2, -0.15) is 0 Å². The summed E-state index contributed by atoms with van der Waals surface area (Å²) in [5, 5.41) is 4.77. The summed E-state index contributed by atoms with van der Waals surface area (Å²) in [5.74, 6) is 0.371. The number of rotatable bonds is 10. The normalized spacial score (nSPS) is 10.6. The number of aryl methyl sites for hydroxylation is 1. The van der Waals surface area contributed by atoms with Gasteiger partial charge in [0.05, 0.1) is 24.3 Å². The second kappa shape index (κ2) is 11.7. The number of hydrogen-bond acceptors (Lipinski definition) is 6. The van der Waals surface area contributed by atoms with E-state index in [9.17, 15) is 9.59 Å².